The Bertz CT molecular complexity index is 342. The van der Waals surface area contributed by atoms with Crippen LogP contribution < -0.4 is 5.32 Å². The number of carbonyl (C=O) groups is 2. The maximum Gasteiger partial charge on any atom is 0.317 e. The van der Waals surface area contributed by atoms with Crippen LogP contribution in [0.4, 0.5) is 4.79 Å². The van der Waals surface area contributed by atoms with E-state index in [9.17, 15) is 9.59 Å². The molecule has 0 aromatic heterocycles. The summed E-state index contributed by atoms with van der Waals surface area (Å²) in [6.07, 6.45) is 6.69. The molecule has 0 radical (unpaired) electrons. The lowest BCUT2D eigenvalue weighted by atomic mass is 9.86. The number of urea groups is 1. The van der Waals surface area contributed by atoms with Gasteiger partial charge in [0.1, 0.15) is 0 Å². The molecule has 5 nitrogen and oxygen atoms in total. The van der Waals surface area contributed by atoms with Gasteiger partial charge in [-0.05, 0) is 31.6 Å². The van der Waals surface area contributed by atoms with Crippen molar-refractivity contribution >= 4 is 12.0 Å². The Balaban J connectivity index is 1.86. The quantitative estimate of drug-likeness (QED) is 0.803. The molecule has 0 spiro atoms. The molecular formula is C14H24N2O3. The minimum absolute atomic E-state index is 0.0319. The molecule has 2 aliphatic rings. The third kappa shape index (κ3) is 4.11. The van der Waals surface area contributed by atoms with Crippen LogP contribution >= 0.6 is 0 Å². The van der Waals surface area contributed by atoms with Crippen LogP contribution in [-0.2, 0) is 4.79 Å². The molecule has 0 aliphatic heterocycles. The van der Waals surface area contributed by atoms with E-state index >= 15 is 0 Å². The predicted molar refractivity (Wildman–Crippen MR) is 71.9 cm³/mol. The number of carboxylic acids is 1. The molecule has 5 heteroatoms. The lowest BCUT2D eigenvalue weighted by molar-refractivity contribution is -0.137. The number of rotatable bonds is 5. The van der Waals surface area contributed by atoms with Crippen molar-refractivity contribution in [2.75, 3.05) is 6.54 Å². The van der Waals surface area contributed by atoms with Gasteiger partial charge in [-0.3, -0.25) is 4.79 Å². The number of nitrogens with zero attached hydrogens (tertiary/aromatic N) is 1. The van der Waals surface area contributed by atoms with Crippen LogP contribution in [0.1, 0.15) is 51.9 Å². The average molecular weight is 268 g/mol. The Hall–Kier alpha value is -1.26. The maximum atomic E-state index is 12.3. The Kier molecular flexibility index (Phi) is 4.66. The van der Waals surface area contributed by atoms with Crippen molar-refractivity contribution in [3.05, 3.63) is 0 Å². The topological polar surface area (TPSA) is 69.6 Å². The highest BCUT2D eigenvalue weighted by molar-refractivity contribution is 5.76. The van der Waals surface area contributed by atoms with Crippen molar-refractivity contribution in [3.63, 3.8) is 0 Å². The SMILES string of the molecule is CC1CCCCC1NC(=O)N(CCC(=O)O)C1CC1. The zero-order valence-corrected chi connectivity index (χ0v) is 11.6. The summed E-state index contributed by atoms with van der Waals surface area (Å²) in [4.78, 5) is 24.6. The summed E-state index contributed by atoms with van der Waals surface area (Å²) in [6, 6.07) is 0.452. The van der Waals surface area contributed by atoms with Gasteiger partial charge >= 0.3 is 12.0 Å². The van der Waals surface area contributed by atoms with Crippen LogP contribution in [0.25, 0.3) is 0 Å². The standard InChI is InChI=1S/C14H24N2O3/c1-10-4-2-3-5-12(10)15-14(19)16(11-6-7-11)9-8-13(17)18/h10-12H,2-9H2,1H3,(H,15,19)(H,17,18). The predicted octanol–water partition coefficient (Wildman–Crippen LogP) is 2.21. The minimum Gasteiger partial charge on any atom is -0.481 e. The third-order valence-electron chi connectivity index (χ3n) is 4.24. The highest BCUT2D eigenvalue weighted by Crippen LogP contribution is 2.28. The first-order valence-electron chi connectivity index (χ1n) is 7.37. The van der Waals surface area contributed by atoms with Gasteiger partial charge in [0.25, 0.3) is 0 Å². The van der Waals surface area contributed by atoms with Gasteiger partial charge in [0.05, 0.1) is 6.42 Å². The van der Waals surface area contributed by atoms with Crippen LogP contribution in [0.15, 0.2) is 0 Å². The molecule has 108 valence electrons. The van der Waals surface area contributed by atoms with Crippen LogP contribution in [0.2, 0.25) is 0 Å². The molecule has 0 heterocycles. The van der Waals surface area contributed by atoms with Gasteiger partial charge in [-0.15, -0.1) is 0 Å². The minimum atomic E-state index is -0.843. The van der Waals surface area contributed by atoms with Gasteiger partial charge in [0.2, 0.25) is 0 Å². The molecule has 2 saturated carbocycles. The molecule has 0 bridgehead atoms. The van der Waals surface area contributed by atoms with Crippen molar-refractivity contribution in [2.24, 2.45) is 5.92 Å². The number of hydrogen-bond donors (Lipinski definition) is 2. The van der Waals surface area contributed by atoms with Crippen LogP contribution in [-0.4, -0.2) is 40.6 Å². The second kappa shape index (κ2) is 6.26. The summed E-state index contributed by atoms with van der Waals surface area (Å²) in [6.45, 7) is 2.51. The van der Waals surface area contributed by atoms with Crippen LogP contribution in [0.3, 0.4) is 0 Å². The monoisotopic (exact) mass is 268 g/mol. The number of aliphatic carboxylic acids is 1. The maximum absolute atomic E-state index is 12.3. The summed E-state index contributed by atoms with van der Waals surface area (Å²) in [7, 11) is 0. The smallest absolute Gasteiger partial charge is 0.317 e. The molecule has 2 unspecified atom stereocenters. The van der Waals surface area contributed by atoms with Gasteiger partial charge in [0.15, 0.2) is 0 Å². The fourth-order valence-electron chi connectivity index (χ4n) is 2.82. The first kappa shape index (κ1) is 14.2. The Morgan fingerprint density at radius 3 is 2.47 bits per heavy atom. The van der Waals surface area contributed by atoms with E-state index in [2.05, 4.69) is 12.2 Å². The van der Waals surface area contributed by atoms with Crippen LogP contribution in [0, 0.1) is 5.92 Å². The normalized spacial score (nSPS) is 26.8. The van der Waals surface area contributed by atoms with Crippen molar-refractivity contribution in [1.82, 2.24) is 10.2 Å². The van der Waals surface area contributed by atoms with E-state index in [0.29, 0.717) is 12.5 Å². The first-order valence-corrected chi connectivity index (χ1v) is 7.37. The number of nitrogens with one attached hydrogen (secondary N) is 1. The van der Waals surface area contributed by atoms with E-state index in [1.54, 1.807) is 4.90 Å². The van der Waals surface area contributed by atoms with E-state index in [1.807, 2.05) is 0 Å². The fraction of sp³-hybridized carbons (Fsp3) is 0.857. The molecule has 2 rings (SSSR count). The van der Waals surface area contributed by atoms with Crippen molar-refractivity contribution in [2.45, 2.75) is 64.0 Å². The van der Waals surface area contributed by atoms with Crippen molar-refractivity contribution in [1.29, 1.82) is 0 Å². The molecule has 0 aromatic rings. The molecule has 19 heavy (non-hydrogen) atoms. The number of carbonyl (C=O) groups excluding carboxylic acids is 1. The molecule has 0 saturated heterocycles. The molecule has 2 fully saturated rings. The summed E-state index contributed by atoms with van der Waals surface area (Å²) in [5, 5.41) is 11.9. The Morgan fingerprint density at radius 1 is 1.21 bits per heavy atom. The van der Waals surface area contributed by atoms with Crippen molar-refractivity contribution < 1.29 is 14.7 Å². The van der Waals surface area contributed by atoms with E-state index in [1.165, 1.54) is 19.3 Å². The Morgan fingerprint density at radius 2 is 1.89 bits per heavy atom. The highest BCUT2D eigenvalue weighted by atomic mass is 16.4. The molecular weight excluding hydrogens is 244 g/mol. The van der Waals surface area contributed by atoms with Crippen LogP contribution in [0.5, 0.6) is 0 Å². The van der Waals surface area contributed by atoms with E-state index in [0.717, 1.165) is 19.3 Å². The summed E-state index contributed by atoms with van der Waals surface area (Å²) in [5.41, 5.74) is 0. The second-order valence-electron chi connectivity index (χ2n) is 5.89. The molecule has 2 amide bonds. The fourth-order valence-corrected chi connectivity index (χ4v) is 2.82. The second-order valence-corrected chi connectivity index (χ2v) is 5.89. The zero-order valence-electron chi connectivity index (χ0n) is 11.6. The van der Waals surface area contributed by atoms with Crippen molar-refractivity contribution in [3.8, 4) is 0 Å². The molecule has 2 N–H and O–H groups in total. The Labute approximate surface area is 114 Å². The lowest BCUT2D eigenvalue weighted by Crippen LogP contribution is -2.49. The largest absolute Gasteiger partial charge is 0.481 e. The first-order chi connectivity index (χ1) is 9.08. The van der Waals surface area contributed by atoms with E-state index < -0.39 is 5.97 Å². The van der Waals surface area contributed by atoms with Gasteiger partial charge in [-0.1, -0.05) is 19.8 Å². The number of amides is 2. The van der Waals surface area contributed by atoms with Gasteiger partial charge < -0.3 is 15.3 Å². The van der Waals surface area contributed by atoms with E-state index in [-0.39, 0.29) is 24.5 Å². The zero-order chi connectivity index (χ0) is 13.8. The lowest BCUT2D eigenvalue weighted by Gasteiger charge is -2.32. The summed E-state index contributed by atoms with van der Waals surface area (Å²) in [5.74, 6) is -0.317. The average Bonchev–Trinajstić information content (AvgIpc) is 3.16. The van der Waals surface area contributed by atoms with Gasteiger partial charge in [0, 0.05) is 18.6 Å². The van der Waals surface area contributed by atoms with E-state index in [4.69, 9.17) is 5.11 Å². The summed E-state index contributed by atoms with van der Waals surface area (Å²) >= 11 is 0. The molecule has 2 aliphatic carbocycles. The third-order valence-corrected chi connectivity index (χ3v) is 4.24. The van der Waals surface area contributed by atoms with Gasteiger partial charge in [-0.2, -0.15) is 0 Å². The van der Waals surface area contributed by atoms with Gasteiger partial charge in [-0.25, -0.2) is 4.79 Å². The number of hydrogen-bond acceptors (Lipinski definition) is 2. The molecule has 0 aromatic carbocycles. The number of carboxylic acid groups (broad SMARTS) is 1. The molecule has 2 atom stereocenters. The summed E-state index contributed by atoms with van der Waals surface area (Å²) < 4.78 is 0. The highest BCUT2D eigenvalue weighted by Gasteiger charge is 2.34.